The summed E-state index contributed by atoms with van der Waals surface area (Å²) in [5, 5.41) is 2.01. The molecule has 0 amide bonds. The first-order valence-electron chi connectivity index (χ1n) is 6.32. The van der Waals surface area contributed by atoms with Crippen LogP contribution in [0.25, 0.3) is 0 Å². The highest BCUT2D eigenvalue weighted by atomic mass is 32.1. The zero-order chi connectivity index (χ0) is 15.2. The highest BCUT2D eigenvalue weighted by molar-refractivity contribution is 7.78. The molecular weight excluding hydrogens is 288 g/mol. The van der Waals surface area contributed by atoms with Gasteiger partial charge in [-0.3, -0.25) is 0 Å². The van der Waals surface area contributed by atoms with Gasteiger partial charge >= 0.3 is 0 Å². The van der Waals surface area contributed by atoms with Gasteiger partial charge < -0.3 is 0 Å². The number of nitrogens with zero attached hydrogens (tertiary/aromatic N) is 1. The molecule has 0 aromatic heterocycles. The molecule has 0 atom stereocenters. The minimum Gasteiger partial charge on any atom is -0.202 e. The van der Waals surface area contributed by atoms with Gasteiger partial charge in [-0.2, -0.15) is 4.99 Å². The summed E-state index contributed by atoms with van der Waals surface area (Å²) in [6.07, 6.45) is 0.940. The van der Waals surface area contributed by atoms with Gasteiger partial charge in [-0.25, -0.2) is 8.78 Å². The average molecular weight is 299 g/mol. The van der Waals surface area contributed by atoms with Crippen molar-refractivity contribution >= 4 is 23.1 Å². The first-order chi connectivity index (χ1) is 10.2. The largest absolute Gasteiger partial charge is 0.202 e. The minimum absolute atomic E-state index is 0.0182. The Kier molecular flexibility index (Phi) is 4.94. The number of benzene rings is 2. The number of hydrogen-bond acceptors (Lipinski definition) is 2. The normalized spacial score (nSPS) is 9.48. The van der Waals surface area contributed by atoms with Gasteiger partial charge in [-0.1, -0.05) is 30.9 Å². The molecular formula is C17H11F2NS. The van der Waals surface area contributed by atoms with Crippen LogP contribution < -0.4 is 0 Å². The van der Waals surface area contributed by atoms with Crippen molar-refractivity contribution in [3.05, 3.63) is 64.7 Å². The van der Waals surface area contributed by atoms with Crippen molar-refractivity contribution in [3.63, 3.8) is 0 Å². The molecule has 0 spiro atoms. The third-order valence-corrected chi connectivity index (χ3v) is 3.02. The van der Waals surface area contributed by atoms with E-state index < -0.39 is 11.6 Å². The number of rotatable bonds is 2. The van der Waals surface area contributed by atoms with Crippen LogP contribution in [0.2, 0.25) is 0 Å². The van der Waals surface area contributed by atoms with Crippen molar-refractivity contribution < 1.29 is 8.78 Å². The Morgan fingerprint density at radius 2 is 1.71 bits per heavy atom. The maximum absolute atomic E-state index is 13.8. The quantitative estimate of drug-likeness (QED) is 0.446. The molecule has 0 unspecified atom stereocenters. The van der Waals surface area contributed by atoms with Crippen molar-refractivity contribution in [2.24, 2.45) is 4.99 Å². The number of aliphatic imine (C=N–C) groups is 1. The van der Waals surface area contributed by atoms with Gasteiger partial charge in [-0.05, 0) is 48.5 Å². The van der Waals surface area contributed by atoms with E-state index in [0.29, 0.717) is 0 Å². The van der Waals surface area contributed by atoms with Crippen molar-refractivity contribution in [3.8, 4) is 11.8 Å². The standard InChI is InChI=1S/C17H11F2NS/c1-2-12-3-5-13(6-4-12)7-8-14-9-10-15(20-11-21)17(19)16(14)18/h3-6,9-10H,2H2,1H3. The summed E-state index contributed by atoms with van der Waals surface area (Å²) in [7, 11) is 0. The topological polar surface area (TPSA) is 12.4 Å². The maximum Gasteiger partial charge on any atom is 0.186 e. The van der Waals surface area contributed by atoms with Crippen LogP contribution in [0.15, 0.2) is 41.4 Å². The van der Waals surface area contributed by atoms with E-state index in [1.165, 1.54) is 17.7 Å². The number of thiocarbonyl (C=S) groups is 1. The van der Waals surface area contributed by atoms with Crippen LogP contribution in [-0.4, -0.2) is 5.16 Å². The highest BCUT2D eigenvalue weighted by Crippen LogP contribution is 2.22. The summed E-state index contributed by atoms with van der Waals surface area (Å²) in [5.41, 5.74) is 1.74. The molecule has 0 radical (unpaired) electrons. The molecule has 21 heavy (non-hydrogen) atoms. The van der Waals surface area contributed by atoms with Crippen molar-refractivity contribution in [1.29, 1.82) is 0 Å². The molecule has 4 heteroatoms. The van der Waals surface area contributed by atoms with Gasteiger partial charge in [0.2, 0.25) is 0 Å². The fraction of sp³-hybridized carbons (Fsp3) is 0.118. The fourth-order valence-electron chi connectivity index (χ4n) is 1.73. The number of hydrogen-bond donors (Lipinski definition) is 0. The van der Waals surface area contributed by atoms with E-state index >= 15 is 0 Å². The summed E-state index contributed by atoms with van der Waals surface area (Å²) >= 11 is 4.37. The van der Waals surface area contributed by atoms with Gasteiger partial charge in [0.1, 0.15) is 5.69 Å². The van der Waals surface area contributed by atoms with Gasteiger partial charge in [0.15, 0.2) is 11.6 Å². The second kappa shape index (κ2) is 6.90. The molecule has 0 bridgehead atoms. The lowest BCUT2D eigenvalue weighted by Crippen LogP contribution is -1.90. The molecule has 2 aromatic carbocycles. The summed E-state index contributed by atoms with van der Waals surface area (Å²) in [6.45, 7) is 2.06. The lowest BCUT2D eigenvalue weighted by molar-refractivity contribution is 0.508. The third kappa shape index (κ3) is 3.61. The molecule has 0 saturated heterocycles. The van der Waals surface area contributed by atoms with E-state index in [2.05, 4.69) is 36.0 Å². The Morgan fingerprint density at radius 3 is 2.33 bits per heavy atom. The van der Waals surface area contributed by atoms with E-state index in [9.17, 15) is 8.78 Å². The van der Waals surface area contributed by atoms with Gasteiger partial charge in [0.25, 0.3) is 0 Å². The number of halogens is 2. The monoisotopic (exact) mass is 299 g/mol. The average Bonchev–Trinajstić information content (AvgIpc) is 2.52. The van der Waals surface area contributed by atoms with Crippen LogP contribution in [0.4, 0.5) is 14.5 Å². The van der Waals surface area contributed by atoms with Gasteiger partial charge in [0, 0.05) is 5.56 Å². The zero-order valence-corrected chi connectivity index (χ0v) is 12.1. The molecule has 0 heterocycles. The summed E-state index contributed by atoms with van der Waals surface area (Å²) in [6, 6.07) is 10.3. The Morgan fingerprint density at radius 1 is 1.00 bits per heavy atom. The molecule has 0 saturated carbocycles. The second-order valence-corrected chi connectivity index (χ2v) is 4.45. The fourth-order valence-corrected chi connectivity index (χ4v) is 1.83. The molecule has 0 fully saturated rings. The predicted octanol–water partition coefficient (Wildman–Crippen LogP) is 4.66. The number of isothiocyanates is 1. The SMILES string of the molecule is CCc1ccc(C#Cc2ccc(N=C=S)c(F)c2F)cc1. The second-order valence-electron chi connectivity index (χ2n) is 4.26. The summed E-state index contributed by atoms with van der Waals surface area (Å²) in [4.78, 5) is 3.45. The van der Waals surface area contributed by atoms with Crippen LogP contribution in [0.5, 0.6) is 0 Å². The smallest absolute Gasteiger partial charge is 0.186 e. The Balaban J connectivity index is 2.34. The lowest BCUT2D eigenvalue weighted by atomic mass is 10.1. The van der Waals surface area contributed by atoms with Crippen LogP contribution in [0.3, 0.4) is 0 Å². The molecule has 0 aliphatic rings. The minimum atomic E-state index is -1.07. The molecule has 0 aliphatic heterocycles. The predicted molar refractivity (Wildman–Crippen MR) is 82.8 cm³/mol. The summed E-state index contributed by atoms with van der Waals surface area (Å²) in [5.74, 6) is 3.33. The third-order valence-electron chi connectivity index (χ3n) is 2.93. The summed E-state index contributed by atoms with van der Waals surface area (Å²) < 4.78 is 27.5. The molecule has 0 aliphatic carbocycles. The highest BCUT2D eigenvalue weighted by Gasteiger charge is 2.11. The Bertz CT molecular complexity index is 764. The van der Waals surface area contributed by atoms with Crippen molar-refractivity contribution in [1.82, 2.24) is 0 Å². The first kappa shape index (κ1) is 15.1. The van der Waals surface area contributed by atoms with Crippen LogP contribution in [0, 0.1) is 23.5 Å². The maximum atomic E-state index is 13.8. The van der Waals surface area contributed by atoms with Crippen LogP contribution in [-0.2, 0) is 6.42 Å². The molecule has 0 N–H and O–H groups in total. The molecule has 1 nitrogen and oxygen atoms in total. The zero-order valence-electron chi connectivity index (χ0n) is 11.3. The molecule has 2 aromatic rings. The van der Waals surface area contributed by atoms with E-state index in [4.69, 9.17) is 0 Å². The van der Waals surface area contributed by atoms with Crippen LogP contribution >= 0.6 is 12.2 Å². The Hall–Kier alpha value is -2.34. The van der Waals surface area contributed by atoms with E-state index in [1.807, 2.05) is 29.4 Å². The van der Waals surface area contributed by atoms with Gasteiger partial charge in [0.05, 0.1) is 10.7 Å². The van der Waals surface area contributed by atoms with Crippen LogP contribution in [0.1, 0.15) is 23.6 Å². The molecule has 2 rings (SSSR count). The first-order valence-corrected chi connectivity index (χ1v) is 6.73. The van der Waals surface area contributed by atoms with Gasteiger partial charge in [-0.15, -0.1) is 0 Å². The van der Waals surface area contributed by atoms with E-state index in [0.717, 1.165) is 12.0 Å². The van der Waals surface area contributed by atoms with E-state index in [1.54, 1.807) is 0 Å². The van der Waals surface area contributed by atoms with Crippen molar-refractivity contribution in [2.75, 3.05) is 0 Å². The van der Waals surface area contributed by atoms with E-state index in [-0.39, 0.29) is 11.3 Å². The number of aryl methyl sites for hydroxylation is 1. The molecule has 104 valence electrons. The Labute approximate surface area is 127 Å². The van der Waals surface area contributed by atoms with Crippen molar-refractivity contribution in [2.45, 2.75) is 13.3 Å². The lowest BCUT2D eigenvalue weighted by Gasteiger charge is -1.99.